The van der Waals surface area contributed by atoms with E-state index in [0.29, 0.717) is 11.7 Å². The first-order valence-corrected chi connectivity index (χ1v) is 10.4. The van der Waals surface area contributed by atoms with Gasteiger partial charge in [-0.15, -0.1) is 22.7 Å². The van der Waals surface area contributed by atoms with Crippen molar-refractivity contribution >= 4 is 33.8 Å². The van der Waals surface area contributed by atoms with Gasteiger partial charge < -0.3 is 9.88 Å². The van der Waals surface area contributed by atoms with Gasteiger partial charge >= 0.3 is 6.03 Å². The van der Waals surface area contributed by atoms with E-state index in [2.05, 4.69) is 44.4 Å². The molecular formula is C18H21N5OS2. The monoisotopic (exact) mass is 387 g/mol. The van der Waals surface area contributed by atoms with Gasteiger partial charge in [0, 0.05) is 54.0 Å². The van der Waals surface area contributed by atoms with Crippen LogP contribution in [0.25, 0.3) is 5.00 Å². The van der Waals surface area contributed by atoms with Crippen LogP contribution in [0.3, 0.4) is 0 Å². The number of nitrogens with one attached hydrogen (secondary N) is 2. The predicted octanol–water partition coefficient (Wildman–Crippen LogP) is 3.70. The number of hydrogen-bond donors (Lipinski definition) is 2. The molecular weight excluding hydrogens is 366 g/mol. The predicted molar refractivity (Wildman–Crippen MR) is 106 cm³/mol. The lowest BCUT2D eigenvalue weighted by Gasteiger charge is -2.25. The molecule has 2 amide bonds. The maximum atomic E-state index is 12.2. The Balaban J connectivity index is 1.56. The van der Waals surface area contributed by atoms with Gasteiger partial charge in [0.25, 0.3) is 0 Å². The molecule has 4 heterocycles. The summed E-state index contributed by atoms with van der Waals surface area (Å²) in [4.78, 5) is 20.2. The molecule has 136 valence electrons. The summed E-state index contributed by atoms with van der Waals surface area (Å²) in [6.45, 7) is 5.86. The van der Waals surface area contributed by atoms with E-state index in [1.165, 1.54) is 32.3 Å². The second-order valence-corrected chi connectivity index (χ2v) is 8.12. The molecule has 0 spiro atoms. The second-order valence-electron chi connectivity index (χ2n) is 6.14. The number of nitrogens with zero attached hydrogens (tertiary/aromatic N) is 3. The number of anilines is 1. The summed E-state index contributed by atoms with van der Waals surface area (Å²) in [5.41, 5.74) is 2.63. The highest BCUT2D eigenvalue weighted by atomic mass is 32.1. The van der Waals surface area contributed by atoms with E-state index in [4.69, 9.17) is 0 Å². The van der Waals surface area contributed by atoms with Crippen LogP contribution in [0.2, 0.25) is 0 Å². The number of carbonyl (C=O) groups excluding carboxylic acids is 1. The van der Waals surface area contributed by atoms with Gasteiger partial charge in [-0.1, -0.05) is 6.92 Å². The first kappa shape index (κ1) is 17.3. The minimum atomic E-state index is -0.218. The molecule has 0 bridgehead atoms. The van der Waals surface area contributed by atoms with Crippen molar-refractivity contribution < 1.29 is 4.79 Å². The summed E-state index contributed by atoms with van der Waals surface area (Å²) in [5, 5.41) is 9.43. The largest absolute Gasteiger partial charge is 0.334 e. The van der Waals surface area contributed by atoms with Gasteiger partial charge in [0.1, 0.15) is 5.00 Å². The van der Waals surface area contributed by atoms with Crippen LogP contribution in [0, 0.1) is 0 Å². The van der Waals surface area contributed by atoms with Crippen molar-refractivity contribution in [2.45, 2.75) is 26.4 Å². The molecule has 6 nitrogen and oxygen atoms in total. The Morgan fingerprint density at radius 1 is 1.35 bits per heavy atom. The molecule has 0 fully saturated rings. The Hall–Kier alpha value is -2.16. The summed E-state index contributed by atoms with van der Waals surface area (Å²) in [6.07, 6.45) is 6.84. The number of carbonyl (C=O) groups is 1. The summed E-state index contributed by atoms with van der Waals surface area (Å²) < 4.78 is 2.15. The van der Waals surface area contributed by atoms with Crippen LogP contribution in [0.4, 0.5) is 9.93 Å². The van der Waals surface area contributed by atoms with Crippen molar-refractivity contribution in [1.82, 2.24) is 19.8 Å². The normalized spacial score (nSPS) is 14.2. The van der Waals surface area contributed by atoms with Crippen molar-refractivity contribution in [1.29, 1.82) is 0 Å². The number of thiophene rings is 1. The third kappa shape index (κ3) is 3.53. The van der Waals surface area contributed by atoms with Gasteiger partial charge in [0.05, 0.1) is 0 Å². The highest BCUT2D eigenvalue weighted by Crippen LogP contribution is 2.35. The van der Waals surface area contributed by atoms with Gasteiger partial charge in [-0.3, -0.25) is 10.2 Å². The third-order valence-corrected chi connectivity index (χ3v) is 6.55. The zero-order valence-corrected chi connectivity index (χ0v) is 16.2. The van der Waals surface area contributed by atoms with Gasteiger partial charge in [-0.25, -0.2) is 9.78 Å². The Morgan fingerprint density at radius 2 is 2.19 bits per heavy atom. The number of rotatable bonds is 5. The van der Waals surface area contributed by atoms with Gasteiger partial charge in [0.15, 0.2) is 5.13 Å². The van der Waals surface area contributed by atoms with E-state index in [1.54, 1.807) is 6.20 Å². The number of aromatic nitrogens is 2. The van der Waals surface area contributed by atoms with Gasteiger partial charge in [-0.05, 0) is 30.7 Å². The van der Waals surface area contributed by atoms with Gasteiger partial charge in [-0.2, -0.15) is 0 Å². The van der Waals surface area contributed by atoms with E-state index in [1.807, 2.05) is 28.8 Å². The first-order valence-electron chi connectivity index (χ1n) is 8.68. The van der Waals surface area contributed by atoms with E-state index in [-0.39, 0.29) is 6.03 Å². The standard InChI is InChI=1S/C18H21N5OS2/c1-2-22-9-5-13-14(11-20-17(24)21-18-19-6-10-25-18)16(26-15(13)12-22)23-7-3-4-8-23/h3-4,6-8,10H,2,5,9,11-12H2,1H3,(H2,19,20,21,24). The van der Waals surface area contributed by atoms with E-state index in [0.717, 1.165) is 26.1 Å². The van der Waals surface area contributed by atoms with Crippen LogP contribution in [-0.2, 0) is 19.5 Å². The molecule has 0 atom stereocenters. The van der Waals surface area contributed by atoms with Crippen molar-refractivity contribution in [2.75, 3.05) is 18.4 Å². The average Bonchev–Trinajstić information content (AvgIpc) is 3.39. The lowest BCUT2D eigenvalue weighted by atomic mass is 10.0. The fraction of sp³-hybridized carbons (Fsp3) is 0.333. The topological polar surface area (TPSA) is 62.2 Å². The van der Waals surface area contributed by atoms with E-state index < -0.39 is 0 Å². The summed E-state index contributed by atoms with van der Waals surface area (Å²) in [7, 11) is 0. The Labute approximate surface area is 160 Å². The molecule has 3 aromatic rings. The van der Waals surface area contributed by atoms with Crippen LogP contribution in [0.15, 0.2) is 36.1 Å². The first-order chi connectivity index (χ1) is 12.7. The summed E-state index contributed by atoms with van der Waals surface area (Å²) in [6, 6.07) is 3.84. The fourth-order valence-corrected chi connectivity index (χ4v) is 5.13. The zero-order chi connectivity index (χ0) is 17.9. The van der Waals surface area contributed by atoms with Crippen LogP contribution in [0.1, 0.15) is 22.9 Å². The maximum absolute atomic E-state index is 12.2. The molecule has 8 heteroatoms. The fourth-order valence-electron chi connectivity index (χ4n) is 3.23. The SMILES string of the molecule is CCN1CCc2c(sc(-n3cccc3)c2CNC(=O)Nc2nccs2)C1. The smallest absolute Gasteiger partial charge is 0.321 e. The van der Waals surface area contributed by atoms with E-state index in [9.17, 15) is 4.79 Å². The maximum Gasteiger partial charge on any atom is 0.321 e. The second kappa shape index (κ2) is 7.61. The van der Waals surface area contributed by atoms with Crippen LogP contribution < -0.4 is 10.6 Å². The molecule has 0 radical (unpaired) electrons. The molecule has 1 aliphatic rings. The van der Waals surface area contributed by atoms with Crippen molar-refractivity contribution in [2.24, 2.45) is 0 Å². The highest BCUT2D eigenvalue weighted by molar-refractivity contribution is 7.15. The quantitative estimate of drug-likeness (QED) is 0.702. The highest BCUT2D eigenvalue weighted by Gasteiger charge is 2.24. The average molecular weight is 388 g/mol. The van der Waals surface area contributed by atoms with Crippen LogP contribution in [-0.4, -0.2) is 33.6 Å². The molecule has 0 saturated heterocycles. The lowest BCUT2D eigenvalue weighted by molar-refractivity contribution is 0.251. The molecule has 3 aromatic heterocycles. The molecule has 26 heavy (non-hydrogen) atoms. The number of fused-ring (bicyclic) bond motifs is 1. The zero-order valence-electron chi connectivity index (χ0n) is 14.6. The number of amides is 2. The molecule has 4 rings (SSSR count). The summed E-state index contributed by atoms with van der Waals surface area (Å²) >= 11 is 3.25. The molecule has 1 aliphatic heterocycles. The number of thiazole rings is 1. The Bertz CT molecular complexity index is 870. The lowest BCUT2D eigenvalue weighted by Crippen LogP contribution is -2.31. The molecule has 0 aromatic carbocycles. The number of urea groups is 1. The molecule has 0 unspecified atom stereocenters. The third-order valence-electron chi connectivity index (χ3n) is 4.59. The number of hydrogen-bond acceptors (Lipinski definition) is 5. The minimum Gasteiger partial charge on any atom is -0.334 e. The molecule has 0 aliphatic carbocycles. The van der Waals surface area contributed by atoms with Gasteiger partial charge in [0.2, 0.25) is 0 Å². The minimum absolute atomic E-state index is 0.218. The molecule has 0 saturated carbocycles. The van der Waals surface area contributed by atoms with Crippen molar-refractivity contribution in [3.8, 4) is 5.00 Å². The van der Waals surface area contributed by atoms with Crippen LogP contribution in [0.5, 0.6) is 0 Å². The Morgan fingerprint density at radius 3 is 2.92 bits per heavy atom. The van der Waals surface area contributed by atoms with Crippen LogP contribution >= 0.6 is 22.7 Å². The van der Waals surface area contributed by atoms with Crippen molar-refractivity contribution in [3.05, 3.63) is 52.1 Å². The molecule has 2 N–H and O–H groups in total. The van der Waals surface area contributed by atoms with E-state index >= 15 is 0 Å². The number of likely N-dealkylation sites (N-methyl/N-ethyl adjacent to an activating group) is 1. The summed E-state index contributed by atoms with van der Waals surface area (Å²) in [5.74, 6) is 0. The Kier molecular flexibility index (Phi) is 5.05. The van der Waals surface area contributed by atoms with Crippen molar-refractivity contribution in [3.63, 3.8) is 0 Å².